The van der Waals surface area contributed by atoms with Gasteiger partial charge < -0.3 is 4.74 Å². The molecule has 0 radical (unpaired) electrons. The Hall–Kier alpha value is -4.63. The number of fused-ring (bicyclic) bond motifs is 2. The molecule has 5 aromatic rings. The lowest BCUT2D eigenvalue weighted by molar-refractivity contribution is 0.0593. The number of ether oxygens (including phenoxy) is 1. The van der Waals surface area contributed by atoms with Gasteiger partial charge >= 0.3 is 0 Å². The highest BCUT2D eigenvalue weighted by Crippen LogP contribution is 2.36. The van der Waals surface area contributed by atoms with Crippen LogP contribution in [0.3, 0.4) is 0 Å². The summed E-state index contributed by atoms with van der Waals surface area (Å²) in [6, 6.07) is 15.8. The molecular formula is C30H23ClFN5O3. The van der Waals surface area contributed by atoms with Crippen LogP contribution in [0.5, 0.6) is 5.75 Å². The number of rotatable bonds is 6. The van der Waals surface area contributed by atoms with E-state index in [4.69, 9.17) is 21.3 Å². The molecule has 2 amide bonds. The Morgan fingerprint density at radius 2 is 1.73 bits per heavy atom. The van der Waals surface area contributed by atoms with Crippen molar-refractivity contribution in [1.29, 1.82) is 0 Å². The van der Waals surface area contributed by atoms with E-state index in [0.29, 0.717) is 39.3 Å². The minimum Gasteiger partial charge on any atom is -0.487 e. The molecule has 1 atom stereocenters. The molecule has 0 N–H and O–H groups in total. The van der Waals surface area contributed by atoms with Crippen LogP contribution in [0.1, 0.15) is 56.3 Å². The van der Waals surface area contributed by atoms with Crippen molar-refractivity contribution in [2.75, 3.05) is 0 Å². The summed E-state index contributed by atoms with van der Waals surface area (Å²) in [5, 5.41) is 5.37. The van der Waals surface area contributed by atoms with Gasteiger partial charge in [0.05, 0.1) is 27.9 Å². The van der Waals surface area contributed by atoms with E-state index >= 15 is 0 Å². The van der Waals surface area contributed by atoms with Crippen LogP contribution in [0.4, 0.5) is 4.39 Å². The number of para-hydroxylation sites is 1. The summed E-state index contributed by atoms with van der Waals surface area (Å²) in [4.78, 5) is 36.3. The van der Waals surface area contributed by atoms with Gasteiger partial charge in [0.2, 0.25) is 0 Å². The largest absolute Gasteiger partial charge is 0.487 e. The Morgan fingerprint density at radius 3 is 2.40 bits per heavy atom. The average molecular weight is 556 g/mol. The van der Waals surface area contributed by atoms with Crippen molar-refractivity contribution in [3.8, 4) is 11.4 Å². The Labute approximate surface area is 234 Å². The fourth-order valence-electron chi connectivity index (χ4n) is 5.09. The van der Waals surface area contributed by atoms with Gasteiger partial charge in [0.1, 0.15) is 35.8 Å². The van der Waals surface area contributed by atoms with E-state index in [9.17, 15) is 14.0 Å². The number of carbonyl (C=O) groups is 2. The quantitative estimate of drug-likeness (QED) is 0.233. The van der Waals surface area contributed by atoms with Gasteiger partial charge in [-0.15, -0.1) is 0 Å². The first-order chi connectivity index (χ1) is 19.2. The number of pyridine rings is 1. The second-order valence-corrected chi connectivity index (χ2v) is 10.0. The molecule has 0 saturated carbocycles. The summed E-state index contributed by atoms with van der Waals surface area (Å²) in [5.41, 5.74) is 3.63. The molecule has 200 valence electrons. The predicted molar refractivity (Wildman–Crippen MR) is 147 cm³/mol. The van der Waals surface area contributed by atoms with Gasteiger partial charge in [0.15, 0.2) is 0 Å². The molecule has 0 fully saturated rings. The fourth-order valence-corrected chi connectivity index (χ4v) is 5.36. The van der Waals surface area contributed by atoms with Crippen molar-refractivity contribution in [3.63, 3.8) is 0 Å². The Morgan fingerprint density at radius 1 is 1.00 bits per heavy atom. The Balaban J connectivity index is 1.37. The highest BCUT2D eigenvalue weighted by Gasteiger charge is 2.39. The second kappa shape index (κ2) is 9.84. The molecule has 0 spiro atoms. The molecule has 3 heterocycles. The zero-order chi connectivity index (χ0) is 28.1. The number of aromatic nitrogens is 4. The summed E-state index contributed by atoms with van der Waals surface area (Å²) in [5.74, 6) is -0.336. The maximum atomic E-state index is 14.6. The average Bonchev–Trinajstić information content (AvgIpc) is 3.47. The van der Waals surface area contributed by atoms with Crippen molar-refractivity contribution >= 4 is 34.3 Å². The molecule has 0 saturated heterocycles. The maximum absolute atomic E-state index is 14.6. The fraction of sp³-hybridized carbons (Fsp3) is 0.167. The third-order valence-corrected chi connectivity index (χ3v) is 7.33. The molecule has 0 bridgehead atoms. The first kappa shape index (κ1) is 25.6. The van der Waals surface area contributed by atoms with Gasteiger partial charge in [0.25, 0.3) is 11.8 Å². The van der Waals surface area contributed by atoms with Gasteiger partial charge in [-0.25, -0.2) is 19.0 Å². The van der Waals surface area contributed by atoms with Crippen LogP contribution in [0, 0.1) is 19.7 Å². The Bertz CT molecular complexity index is 1800. The van der Waals surface area contributed by atoms with E-state index in [1.165, 1.54) is 12.1 Å². The number of benzene rings is 3. The van der Waals surface area contributed by atoms with Crippen molar-refractivity contribution in [2.24, 2.45) is 0 Å². The van der Waals surface area contributed by atoms with E-state index in [-0.39, 0.29) is 11.6 Å². The maximum Gasteiger partial charge on any atom is 0.262 e. The standard InChI is InChI=1S/C30H23ClFN5O3/c1-16-11-26(36-15-33-18(3)35-36)22-9-6-10-27(28(22)34-16)40-14-24-23(12-19(32)13-25(24)31)17(2)37-29(38)20-7-4-5-8-21(20)30(37)39/h4-13,15,17H,14H2,1-3H3/t17-/m0/s1. The Kier molecular flexibility index (Phi) is 6.31. The lowest BCUT2D eigenvalue weighted by Gasteiger charge is -2.26. The van der Waals surface area contributed by atoms with E-state index in [2.05, 4.69) is 10.1 Å². The molecule has 40 heavy (non-hydrogen) atoms. The van der Waals surface area contributed by atoms with E-state index < -0.39 is 23.7 Å². The van der Waals surface area contributed by atoms with E-state index in [0.717, 1.165) is 21.7 Å². The summed E-state index contributed by atoms with van der Waals surface area (Å²) in [6.07, 6.45) is 1.64. The van der Waals surface area contributed by atoms with Crippen LogP contribution >= 0.6 is 11.6 Å². The normalized spacial score (nSPS) is 13.7. The first-order valence-electron chi connectivity index (χ1n) is 12.6. The number of hydrogen-bond acceptors (Lipinski definition) is 6. The van der Waals surface area contributed by atoms with Crippen molar-refractivity contribution in [1.82, 2.24) is 24.6 Å². The molecule has 10 heteroatoms. The highest BCUT2D eigenvalue weighted by atomic mass is 35.5. The number of aryl methyl sites for hydroxylation is 2. The summed E-state index contributed by atoms with van der Waals surface area (Å²) < 4.78 is 22.5. The zero-order valence-electron chi connectivity index (χ0n) is 21.9. The minimum atomic E-state index is -0.797. The van der Waals surface area contributed by atoms with E-state index in [1.807, 2.05) is 32.0 Å². The number of carbonyl (C=O) groups excluding carboxylic acids is 2. The topological polar surface area (TPSA) is 90.2 Å². The molecule has 1 aliphatic heterocycles. The third-order valence-electron chi connectivity index (χ3n) is 6.99. The number of imide groups is 1. The zero-order valence-corrected chi connectivity index (χ0v) is 22.6. The predicted octanol–water partition coefficient (Wildman–Crippen LogP) is 6.16. The third kappa shape index (κ3) is 4.28. The first-order valence-corrected chi connectivity index (χ1v) is 13.0. The monoisotopic (exact) mass is 555 g/mol. The van der Waals surface area contributed by atoms with E-state index in [1.54, 1.807) is 48.3 Å². The van der Waals surface area contributed by atoms with Crippen LogP contribution in [0.25, 0.3) is 16.6 Å². The minimum absolute atomic E-state index is 0.0472. The van der Waals surface area contributed by atoms with Gasteiger partial charge in [-0.1, -0.05) is 35.9 Å². The smallest absolute Gasteiger partial charge is 0.262 e. The molecule has 6 rings (SSSR count). The van der Waals surface area contributed by atoms with Crippen molar-refractivity contribution in [2.45, 2.75) is 33.4 Å². The number of amides is 2. The van der Waals surface area contributed by atoms with Crippen LogP contribution in [0.2, 0.25) is 5.02 Å². The second-order valence-electron chi connectivity index (χ2n) is 9.62. The molecule has 8 nitrogen and oxygen atoms in total. The van der Waals surface area contributed by atoms with Gasteiger partial charge in [0, 0.05) is 16.6 Å². The number of nitrogens with zero attached hydrogens (tertiary/aromatic N) is 5. The van der Waals surface area contributed by atoms with Crippen LogP contribution in [0.15, 0.2) is 67.0 Å². The van der Waals surface area contributed by atoms with Gasteiger partial charge in [-0.2, -0.15) is 5.10 Å². The SMILES string of the molecule is Cc1cc(-n2cnc(C)n2)c2cccc(OCc3c(Cl)cc(F)cc3[C@H](C)N3C(=O)c4ccccc4C3=O)c2n1. The lowest BCUT2D eigenvalue weighted by Crippen LogP contribution is -2.33. The number of halogens is 2. The van der Waals surface area contributed by atoms with Crippen molar-refractivity contribution in [3.05, 3.63) is 112 Å². The molecule has 0 unspecified atom stereocenters. The molecule has 2 aromatic heterocycles. The van der Waals surface area contributed by atoms with Crippen LogP contribution in [-0.2, 0) is 6.61 Å². The molecule has 1 aliphatic rings. The van der Waals surface area contributed by atoms with Crippen LogP contribution in [-0.4, -0.2) is 36.5 Å². The molecule has 3 aromatic carbocycles. The highest BCUT2D eigenvalue weighted by molar-refractivity contribution is 6.31. The van der Waals surface area contributed by atoms with Gasteiger partial charge in [-0.3, -0.25) is 14.5 Å². The summed E-state index contributed by atoms with van der Waals surface area (Å²) in [7, 11) is 0. The van der Waals surface area contributed by atoms with Crippen molar-refractivity contribution < 1.29 is 18.7 Å². The molecular weight excluding hydrogens is 533 g/mol. The summed E-state index contributed by atoms with van der Waals surface area (Å²) >= 11 is 6.52. The number of hydrogen-bond donors (Lipinski definition) is 0. The van der Waals surface area contributed by atoms with Gasteiger partial charge in [-0.05, 0) is 62.7 Å². The molecule has 0 aliphatic carbocycles. The lowest BCUT2D eigenvalue weighted by atomic mass is 10.00. The summed E-state index contributed by atoms with van der Waals surface area (Å²) in [6.45, 7) is 5.32. The van der Waals surface area contributed by atoms with Crippen LogP contribution < -0.4 is 4.74 Å².